The van der Waals surface area contributed by atoms with Gasteiger partial charge < -0.3 is 40.7 Å². The molecule has 0 unspecified atom stereocenters. The molecule has 8 rings (SSSR count). The summed E-state index contributed by atoms with van der Waals surface area (Å²) in [5.41, 5.74) is 1.94. The van der Waals surface area contributed by atoms with Crippen LogP contribution in [0.15, 0.2) is 72.5 Å². The molecule has 0 saturated carbocycles. The van der Waals surface area contributed by atoms with Crippen LogP contribution in [0, 0.1) is 24.0 Å². The summed E-state index contributed by atoms with van der Waals surface area (Å²) >= 11 is 1.54. The lowest BCUT2D eigenvalue weighted by molar-refractivity contribution is -0.144. The van der Waals surface area contributed by atoms with E-state index < -0.39 is 76.2 Å². The molecule has 4 N–H and O–H groups in total. The number of alkyl halides is 3. The molecule has 0 radical (unpaired) electrons. The molecule has 5 atom stereocenters. The first-order chi connectivity index (χ1) is 36.9. The van der Waals surface area contributed by atoms with Crippen molar-refractivity contribution in [1.82, 2.24) is 40.3 Å². The lowest BCUT2D eigenvalue weighted by atomic mass is 9.85. The van der Waals surface area contributed by atoms with Gasteiger partial charge in [-0.3, -0.25) is 28.9 Å². The number of nitrogens with one attached hydrogen (secondary N) is 3. The number of thiazole rings is 1. The molecule has 3 aromatic carbocycles. The number of hydrogen-bond acceptors (Lipinski definition) is 13. The van der Waals surface area contributed by atoms with Crippen molar-refractivity contribution in [3.63, 3.8) is 0 Å². The second-order valence-corrected chi connectivity index (χ2v) is 22.2. The number of anilines is 3. The summed E-state index contributed by atoms with van der Waals surface area (Å²) < 4.78 is 72.2. The highest BCUT2D eigenvalue weighted by Gasteiger charge is 2.45. The number of amides is 5. The lowest BCUT2D eigenvalue weighted by Crippen LogP contribution is -2.57. The van der Waals surface area contributed by atoms with Crippen molar-refractivity contribution in [1.29, 1.82) is 0 Å². The minimum atomic E-state index is -5.04. The quantitative estimate of drug-likeness (QED) is 0.0843. The molecule has 17 nitrogen and oxygen atoms in total. The number of nitrogens with zero attached hydrogens (tertiary/aromatic N) is 8. The normalized spacial score (nSPS) is 19.7. The first kappa shape index (κ1) is 57.1. The second kappa shape index (κ2) is 23.5. The van der Waals surface area contributed by atoms with Crippen molar-refractivity contribution in [2.75, 3.05) is 68.0 Å². The number of aliphatic hydroxyl groups excluding tert-OH is 1. The van der Waals surface area contributed by atoms with E-state index in [2.05, 4.69) is 35.8 Å². The van der Waals surface area contributed by atoms with Crippen molar-refractivity contribution >= 4 is 58.2 Å². The van der Waals surface area contributed by atoms with Crippen LogP contribution in [0.2, 0.25) is 0 Å². The molecule has 3 fully saturated rings. The van der Waals surface area contributed by atoms with Gasteiger partial charge in [-0.1, -0.05) is 45.0 Å². The zero-order valence-electron chi connectivity index (χ0n) is 44.5. The van der Waals surface area contributed by atoms with Crippen molar-refractivity contribution < 1.29 is 51.0 Å². The highest BCUT2D eigenvalue weighted by atomic mass is 32.1. The number of aryl methyl sites for hydroxylation is 1. The zero-order valence-corrected chi connectivity index (χ0v) is 45.3. The van der Waals surface area contributed by atoms with Crippen LogP contribution >= 0.6 is 11.3 Å². The number of benzene rings is 3. The Labute approximate surface area is 453 Å². The predicted molar refractivity (Wildman–Crippen MR) is 285 cm³/mol. The summed E-state index contributed by atoms with van der Waals surface area (Å²) in [4.78, 5) is 91.2. The van der Waals surface area contributed by atoms with Crippen molar-refractivity contribution in [3.05, 3.63) is 107 Å². The van der Waals surface area contributed by atoms with Gasteiger partial charge in [0.1, 0.15) is 23.7 Å². The zero-order chi connectivity index (χ0) is 56.4. The summed E-state index contributed by atoms with van der Waals surface area (Å²) in [6.45, 7) is 13.3. The molecule has 5 amide bonds. The van der Waals surface area contributed by atoms with E-state index in [4.69, 9.17) is 0 Å². The maximum absolute atomic E-state index is 16.2. The average molecular weight is 1100 g/mol. The molecule has 5 aromatic rings. The third-order valence-corrected chi connectivity index (χ3v) is 15.7. The number of halogens is 5. The van der Waals surface area contributed by atoms with Gasteiger partial charge in [-0.05, 0) is 74.7 Å². The van der Waals surface area contributed by atoms with E-state index >= 15 is 4.39 Å². The fourth-order valence-corrected chi connectivity index (χ4v) is 10.9. The van der Waals surface area contributed by atoms with Gasteiger partial charge in [0, 0.05) is 107 Å². The number of hydrogen-bond donors (Lipinski definition) is 4. The van der Waals surface area contributed by atoms with Crippen LogP contribution in [0.1, 0.15) is 81.1 Å². The number of carbonyl (C=O) groups excluding carboxylic acids is 5. The fourth-order valence-electron chi connectivity index (χ4n) is 10.1. The molecule has 0 aliphatic carbocycles. The number of carbonyl (C=O) groups is 5. The fraction of sp³-hybridized carbons (Fsp3) is 0.455. The molecular formula is C55H64F5N11O6S. The molecule has 0 bridgehead atoms. The van der Waals surface area contributed by atoms with E-state index in [-0.39, 0.29) is 97.9 Å². The molecule has 416 valence electrons. The highest BCUT2D eigenvalue weighted by molar-refractivity contribution is 7.13. The van der Waals surface area contributed by atoms with Crippen LogP contribution < -0.4 is 25.8 Å². The Morgan fingerprint density at radius 1 is 0.833 bits per heavy atom. The van der Waals surface area contributed by atoms with Gasteiger partial charge in [0.25, 0.3) is 5.91 Å². The summed E-state index contributed by atoms with van der Waals surface area (Å²) in [7, 11) is 1.95. The molecule has 3 aliphatic heterocycles. The van der Waals surface area contributed by atoms with Crippen LogP contribution in [-0.4, -0.2) is 147 Å². The summed E-state index contributed by atoms with van der Waals surface area (Å²) in [6, 6.07) is 10.0. The maximum atomic E-state index is 16.2. The predicted octanol–water partition coefficient (Wildman–Crippen LogP) is 6.89. The summed E-state index contributed by atoms with van der Waals surface area (Å²) in [5.74, 6) is -4.53. The number of aromatic nitrogens is 3. The van der Waals surface area contributed by atoms with E-state index in [0.29, 0.717) is 26.2 Å². The Balaban J connectivity index is 0.863. The topological polar surface area (TPSA) is 197 Å². The maximum Gasteiger partial charge on any atom is 0.417 e. The van der Waals surface area contributed by atoms with Crippen LogP contribution in [0.5, 0.6) is 0 Å². The third kappa shape index (κ3) is 13.1. The largest absolute Gasteiger partial charge is 0.417 e. The average Bonchev–Trinajstić information content (AvgIpc) is 4.04. The third-order valence-electron chi connectivity index (χ3n) is 14.7. The van der Waals surface area contributed by atoms with Crippen LogP contribution in [0.4, 0.5) is 39.3 Å². The molecule has 78 heavy (non-hydrogen) atoms. The van der Waals surface area contributed by atoms with Gasteiger partial charge >= 0.3 is 6.18 Å². The van der Waals surface area contributed by atoms with Crippen LogP contribution in [-0.2, 0) is 31.9 Å². The smallest absolute Gasteiger partial charge is 0.391 e. The Kier molecular flexibility index (Phi) is 17.2. The molecule has 2 aromatic heterocycles. The number of rotatable bonds is 14. The van der Waals surface area contributed by atoms with Crippen LogP contribution in [0.25, 0.3) is 21.6 Å². The Morgan fingerprint density at radius 2 is 1.50 bits per heavy atom. The van der Waals surface area contributed by atoms with E-state index in [9.17, 15) is 46.6 Å². The van der Waals surface area contributed by atoms with Gasteiger partial charge in [0.15, 0.2) is 0 Å². The summed E-state index contributed by atoms with van der Waals surface area (Å²) in [5, 5.41) is 18.9. The Bertz CT molecular complexity index is 3010. The van der Waals surface area contributed by atoms with E-state index in [0.717, 1.165) is 33.8 Å². The van der Waals surface area contributed by atoms with Crippen molar-refractivity contribution in [2.45, 2.75) is 104 Å². The van der Waals surface area contributed by atoms with Crippen molar-refractivity contribution in [2.24, 2.45) is 5.41 Å². The number of piperazine rings is 2. The van der Waals surface area contributed by atoms with Gasteiger partial charge in [-0.25, -0.2) is 23.7 Å². The monoisotopic (exact) mass is 1100 g/mol. The molecule has 3 saturated heterocycles. The standard InChI is InChI=1S/C55H64F5N11O6S/c1-31-27-70(28-32(2)67(31)7)44-23-42(57)40(22-43(44)65-50(75)39-13-12-37(56)20-41(39)55(58,59)60)36-25-62-53(63-26-36)69-18-16-68(17-19-69)47(74)15-14-46(73)66-49(54(4,5)6)52(77)71-29-38(72)21-45(71)51(76)61-24-34-8-10-35(11-9-34)48-33(3)64-30-78-48/h8-13,20,22-23,25-26,30-32,38,45,49,72H,14-19,21,24,27-29H2,1-7H3,(H,61,76)(H,65,75)(H,66,73)/t31-,32+,38-,45+,49-/m1/s1. The number of β-amino-alcohol motifs (C(OH)–C–C–N with tert-alkyl or cyclic N) is 1. The first-order valence-corrected chi connectivity index (χ1v) is 26.6. The highest BCUT2D eigenvalue weighted by Crippen LogP contribution is 2.38. The van der Waals surface area contributed by atoms with Crippen LogP contribution in [0.3, 0.4) is 0 Å². The molecular weight excluding hydrogens is 1040 g/mol. The Hall–Kier alpha value is -7.11. The Morgan fingerprint density at radius 3 is 2.12 bits per heavy atom. The van der Waals surface area contributed by atoms with E-state index in [1.807, 2.05) is 61.9 Å². The SMILES string of the molecule is Cc1ncsc1-c1ccc(CNC(=O)[C@@H]2C[C@@H](O)CN2C(=O)[C@@H](NC(=O)CCC(=O)N2CCN(c3ncc(-c4cc(NC(=O)c5ccc(F)cc5C(F)(F)F)c(N5C[C@@H](C)N(C)[C@@H](C)C5)cc4F)cn3)CC2)C(C)(C)C)cc1. The lowest BCUT2D eigenvalue weighted by Gasteiger charge is -2.44. The molecule has 3 aliphatic rings. The number of likely N-dealkylation sites (N-methyl/N-ethyl adjacent to an activating group) is 1. The van der Waals surface area contributed by atoms with Crippen molar-refractivity contribution in [3.8, 4) is 21.6 Å². The van der Waals surface area contributed by atoms with Gasteiger partial charge in [0.05, 0.1) is 44.7 Å². The van der Waals surface area contributed by atoms with Gasteiger partial charge in [-0.2, -0.15) is 13.2 Å². The minimum absolute atomic E-state index is 0.00333. The van der Waals surface area contributed by atoms with Gasteiger partial charge in [-0.15, -0.1) is 11.3 Å². The first-order valence-electron chi connectivity index (χ1n) is 25.7. The number of aliphatic hydroxyl groups is 1. The number of likely N-dealkylation sites (tertiary alicyclic amines) is 1. The molecule has 0 spiro atoms. The summed E-state index contributed by atoms with van der Waals surface area (Å²) in [6.07, 6.45) is -3.55. The van der Waals surface area contributed by atoms with E-state index in [1.165, 1.54) is 29.4 Å². The van der Waals surface area contributed by atoms with Gasteiger partial charge in [0.2, 0.25) is 29.6 Å². The second-order valence-electron chi connectivity index (χ2n) is 21.3. The molecule has 23 heteroatoms. The minimum Gasteiger partial charge on any atom is -0.391 e. The van der Waals surface area contributed by atoms with E-state index in [1.54, 1.807) is 42.5 Å². The molecule has 5 heterocycles.